The third-order valence-corrected chi connectivity index (χ3v) is 5.49. The molecule has 0 saturated carbocycles. The molecule has 1 aliphatic heterocycles. The lowest BCUT2D eigenvalue weighted by Gasteiger charge is -2.24. The summed E-state index contributed by atoms with van der Waals surface area (Å²) in [5.41, 5.74) is 6.27. The molecule has 4 aromatic rings. The SMILES string of the molecule is CN(C)c1cc2occc2cc1C(O)CC1c2ccccc2-c2cncn21. The van der Waals surface area contributed by atoms with Gasteiger partial charge in [-0.1, -0.05) is 24.3 Å². The highest BCUT2D eigenvalue weighted by Crippen LogP contribution is 2.44. The standard InChI is InChI=1S/C22H21N3O2/c1-24(2)18-11-22-14(7-8-27-22)9-17(18)21(26)10-19-15-5-3-4-6-16(15)20-12-23-13-25(19)20/h3-9,11-13,19,21,26H,10H2,1-2H3. The average molecular weight is 359 g/mol. The molecule has 5 rings (SSSR count). The Bertz CT molecular complexity index is 1130. The van der Waals surface area contributed by atoms with Crippen LogP contribution in [0.15, 0.2) is 65.7 Å². The molecule has 5 nitrogen and oxygen atoms in total. The number of hydrogen-bond donors (Lipinski definition) is 1. The highest BCUT2D eigenvalue weighted by molar-refractivity contribution is 5.83. The molecule has 0 amide bonds. The zero-order chi connectivity index (χ0) is 18.5. The molecule has 2 aromatic carbocycles. The van der Waals surface area contributed by atoms with E-state index in [2.05, 4.69) is 27.8 Å². The number of anilines is 1. The van der Waals surface area contributed by atoms with Crippen molar-refractivity contribution in [2.24, 2.45) is 0 Å². The zero-order valence-corrected chi connectivity index (χ0v) is 15.3. The van der Waals surface area contributed by atoms with Crippen LogP contribution in [-0.4, -0.2) is 28.8 Å². The predicted molar refractivity (Wildman–Crippen MR) is 106 cm³/mol. The molecule has 5 heteroatoms. The molecular weight excluding hydrogens is 338 g/mol. The smallest absolute Gasteiger partial charge is 0.135 e. The first-order valence-corrected chi connectivity index (χ1v) is 9.11. The molecule has 0 radical (unpaired) electrons. The molecule has 0 saturated heterocycles. The van der Waals surface area contributed by atoms with Crippen molar-refractivity contribution in [1.82, 2.24) is 9.55 Å². The Labute approximate surface area is 157 Å². The van der Waals surface area contributed by atoms with Crippen LogP contribution >= 0.6 is 0 Å². The maximum Gasteiger partial charge on any atom is 0.135 e. The zero-order valence-electron chi connectivity index (χ0n) is 15.3. The van der Waals surface area contributed by atoms with Gasteiger partial charge < -0.3 is 19.0 Å². The van der Waals surface area contributed by atoms with Gasteiger partial charge in [-0.3, -0.25) is 0 Å². The van der Waals surface area contributed by atoms with Gasteiger partial charge in [0.05, 0.1) is 36.6 Å². The lowest BCUT2D eigenvalue weighted by molar-refractivity contribution is 0.154. The number of fused-ring (bicyclic) bond motifs is 4. The third-order valence-electron chi connectivity index (χ3n) is 5.49. The molecular formula is C22H21N3O2. The second-order valence-electron chi connectivity index (χ2n) is 7.30. The Kier molecular flexibility index (Phi) is 3.58. The van der Waals surface area contributed by atoms with Gasteiger partial charge in [0, 0.05) is 48.8 Å². The number of nitrogens with zero attached hydrogens (tertiary/aromatic N) is 3. The Morgan fingerprint density at radius 2 is 2.07 bits per heavy atom. The van der Waals surface area contributed by atoms with E-state index in [1.165, 1.54) is 11.1 Å². The average Bonchev–Trinajstić information content (AvgIpc) is 3.37. The number of benzene rings is 2. The van der Waals surface area contributed by atoms with Crippen molar-refractivity contribution in [2.45, 2.75) is 18.6 Å². The van der Waals surface area contributed by atoms with Gasteiger partial charge in [-0.25, -0.2) is 4.98 Å². The monoisotopic (exact) mass is 359 g/mol. The second-order valence-corrected chi connectivity index (χ2v) is 7.30. The molecule has 27 heavy (non-hydrogen) atoms. The van der Waals surface area contributed by atoms with Gasteiger partial charge in [-0.05, 0) is 17.7 Å². The molecule has 3 heterocycles. The van der Waals surface area contributed by atoms with E-state index in [4.69, 9.17) is 4.42 Å². The van der Waals surface area contributed by atoms with Crippen LogP contribution < -0.4 is 4.90 Å². The van der Waals surface area contributed by atoms with Crippen LogP contribution in [0.25, 0.3) is 22.2 Å². The Balaban J connectivity index is 1.55. The molecule has 0 spiro atoms. The fraction of sp³-hybridized carbons (Fsp3) is 0.227. The van der Waals surface area contributed by atoms with E-state index < -0.39 is 6.10 Å². The second kappa shape index (κ2) is 5.99. The van der Waals surface area contributed by atoms with E-state index in [1.807, 2.05) is 55.8 Å². The number of furan rings is 1. The summed E-state index contributed by atoms with van der Waals surface area (Å²) in [6.07, 6.45) is 5.43. The molecule has 2 aromatic heterocycles. The predicted octanol–water partition coefficient (Wildman–Crippen LogP) is 4.39. The van der Waals surface area contributed by atoms with Crippen LogP contribution in [0.1, 0.15) is 29.7 Å². The van der Waals surface area contributed by atoms with Crippen molar-refractivity contribution in [3.05, 3.63) is 72.4 Å². The first-order valence-electron chi connectivity index (χ1n) is 9.11. The van der Waals surface area contributed by atoms with Crippen LogP contribution in [0.5, 0.6) is 0 Å². The first kappa shape index (κ1) is 16.1. The fourth-order valence-corrected chi connectivity index (χ4v) is 4.18. The summed E-state index contributed by atoms with van der Waals surface area (Å²) >= 11 is 0. The van der Waals surface area contributed by atoms with E-state index in [0.717, 1.165) is 27.9 Å². The van der Waals surface area contributed by atoms with Crippen LogP contribution in [0, 0.1) is 0 Å². The molecule has 2 unspecified atom stereocenters. The molecule has 2 atom stereocenters. The van der Waals surface area contributed by atoms with Gasteiger partial charge >= 0.3 is 0 Å². The van der Waals surface area contributed by atoms with E-state index in [1.54, 1.807) is 6.26 Å². The van der Waals surface area contributed by atoms with Crippen molar-refractivity contribution >= 4 is 16.7 Å². The van der Waals surface area contributed by atoms with E-state index >= 15 is 0 Å². The van der Waals surface area contributed by atoms with Gasteiger partial charge in [0.25, 0.3) is 0 Å². The maximum atomic E-state index is 11.2. The Morgan fingerprint density at radius 1 is 1.22 bits per heavy atom. The fourth-order valence-electron chi connectivity index (χ4n) is 4.18. The van der Waals surface area contributed by atoms with Crippen LogP contribution in [0.3, 0.4) is 0 Å². The Hall–Kier alpha value is -3.05. The third kappa shape index (κ3) is 2.46. The summed E-state index contributed by atoms with van der Waals surface area (Å²) in [5, 5.41) is 12.2. The van der Waals surface area contributed by atoms with Crippen molar-refractivity contribution in [2.75, 3.05) is 19.0 Å². The molecule has 0 fully saturated rings. The summed E-state index contributed by atoms with van der Waals surface area (Å²) in [6.45, 7) is 0. The van der Waals surface area contributed by atoms with E-state index in [9.17, 15) is 5.11 Å². The molecule has 0 aliphatic carbocycles. The number of aromatic nitrogens is 2. The minimum atomic E-state index is -0.604. The van der Waals surface area contributed by atoms with Crippen molar-refractivity contribution in [3.8, 4) is 11.3 Å². The van der Waals surface area contributed by atoms with Gasteiger partial charge in [-0.2, -0.15) is 0 Å². The van der Waals surface area contributed by atoms with Crippen LogP contribution in [-0.2, 0) is 0 Å². The number of aliphatic hydroxyl groups excluding tert-OH is 1. The number of rotatable bonds is 4. The molecule has 0 bridgehead atoms. The number of hydrogen-bond acceptors (Lipinski definition) is 4. The summed E-state index contributed by atoms with van der Waals surface area (Å²) in [7, 11) is 3.97. The number of aliphatic hydroxyl groups is 1. The lowest BCUT2D eigenvalue weighted by Crippen LogP contribution is -2.16. The van der Waals surface area contributed by atoms with Gasteiger partial charge in [-0.15, -0.1) is 0 Å². The van der Waals surface area contributed by atoms with Crippen molar-refractivity contribution < 1.29 is 9.52 Å². The highest BCUT2D eigenvalue weighted by atomic mass is 16.3. The van der Waals surface area contributed by atoms with Crippen molar-refractivity contribution in [3.63, 3.8) is 0 Å². The minimum Gasteiger partial charge on any atom is -0.464 e. The summed E-state index contributed by atoms with van der Waals surface area (Å²) in [5.74, 6) is 0. The summed E-state index contributed by atoms with van der Waals surface area (Å²) < 4.78 is 7.71. The van der Waals surface area contributed by atoms with Gasteiger partial charge in [0.2, 0.25) is 0 Å². The Morgan fingerprint density at radius 3 is 2.93 bits per heavy atom. The maximum absolute atomic E-state index is 11.2. The van der Waals surface area contributed by atoms with Crippen molar-refractivity contribution in [1.29, 1.82) is 0 Å². The number of imidazole rings is 1. The highest BCUT2D eigenvalue weighted by Gasteiger charge is 2.31. The molecule has 1 aliphatic rings. The minimum absolute atomic E-state index is 0.0729. The molecule has 136 valence electrons. The van der Waals surface area contributed by atoms with Gasteiger partial charge in [0.1, 0.15) is 5.58 Å². The summed E-state index contributed by atoms with van der Waals surface area (Å²) in [6, 6.07) is 14.4. The topological polar surface area (TPSA) is 54.4 Å². The molecule has 1 N–H and O–H groups in total. The van der Waals surface area contributed by atoms with Crippen LogP contribution in [0.2, 0.25) is 0 Å². The van der Waals surface area contributed by atoms with Crippen LogP contribution in [0.4, 0.5) is 5.69 Å². The van der Waals surface area contributed by atoms with E-state index in [0.29, 0.717) is 6.42 Å². The lowest BCUT2D eigenvalue weighted by atomic mass is 9.94. The summed E-state index contributed by atoms with van der Waals surface area (Å²) in [4.78, 5) is 6.33. The first-order chi connectivity index (χ1) is 13.1. The normalized spacial score (nSPS) is 16.3. The quantitative estimate of drug-likeness (QED) is 0.587. The largest absolute Gasteiger partial charge is 0.464 e. The van der Waals surface area contributed by atoms with E-state index in [-0.39, 0.29) is 6.04 Å². The van der Waals surface area contributed by atoms with Gasteiger partial charge in [0.15, 0.2) is 0 Å².